The van der Waals surface area contributed by atoms with E-state index in [0.717, 1.165) is 67.9 Å². The number of nitrogens with zero attached hydrogens (tertiary/aromatic N) is 1. The Bertz CT molecular complexity index is 1100. The lowest BCUT2D eigenvalue weighted by atomic mass is 9.97. The third-order valence-corrected chi connectivity index (χ3v) is 6.47. The molecule has 0 aromatic heterocycles. The molecule has 1 N–H and O–H groups in total. The van der Waals surface area contributed by atoms with Gasteiger partial charge in [-0.1, -0.05) is 48.5 Å². The van der Waals surface area contributed by atoms with Crippen LogP contribution in [0.15, 0.2) is 66.7 Å². The zero-order chi connectivity index (χ0) is 23.8. The lowest BCUT2D eigenvalue weighted by Gasteiger charge is -2.30. The van der Waals surface area contributed by atoms with E-state index in [-0.39, 0.29) is 5.91 Å². The van der Waals surface area contributed by atoms with Crippen LogP contribution in [0.3, 0.4) is 0 Å². The lowest BCUT2D eigenvalue weighted by molar-refractivity contribution is 0.0950. The highest BCUT2D eigenvalue weighted by Gasteiger charge is 2.21. The molecule has 0 saturated carbocycles. The summed E-state index contributed by atoms with van der Waals surface area (Å²) in [4.78, 5) is 15.3. The first-order valence-electron chi connectivity index (χ1n) is 12.0. The minimum absolute atomic E-state index is 0.0131. The molecule has 1 heterocycles. The second kappa shape index (κ2) is 11.7. The molecule has 0 unspecified atom stereocenters. The van der Waals surface area contributed by atoms with Gasteiger partial charge >= 0.3 is 0 Å². The molecule has 178 valence electrons. The average Bonchev–Trinajstić information content (AvgIpc) is 2.88. The van der Waals surface area contributed by atoms with Crippen molar-refractivity contribution in [2.75, 3.05) is 27.3 Å². The normalized spacial score (nSPS) is 13.2. The number of amides is 1. The van der Waals surface area contributed by atoms with Crippen molar-refractivity contribution >= 4 is 5.91 Å². The van der Waals surface area contributed by atoms with Gasteiger partial charge in [-0.2, -0.15) is 0 Å². The lowest BCUT2D eigenvalue weighted by Crippen LogP contribution is -2.32. The summed E-state index contributed by atoms with van der Waals surface area (Å²) in [6.07, 6.45) is 4.02. The molecule has 3 aromatic carbocycles. The Kier molecular flexibility index (Phi) is 8.21. The van der Waals surface area contributed by atoms with E-state index < -0.39 is 0 Å². The number of rotatable bonds is 10. The quantitative estimate of drug-likeness (QED) is 0.434. The third kappa shape index (κ3) is 5.97. The fourth-order valence-corrected chi connectivity index (χ4v) is 4.59. The average molecular weight is 459 g/mol. The highest BCUT2D eigenvalue weighted by Crippen LogP contribution is 2.33. The molecule has 0 radical (unpaired) electrons. The van der Waals surface area contributed by atoms with Crippen LogP contribution in [0.5, 0.6) is 11.5 Å². The largest absolute Gasteiger partial charge is 0.493 e. The van der Waals surface area contributed by atoms with Gasteiger partial charge in [0.2, 0.25) is 0 Å². The molecule has 5 nitrogen and oxygen atoms in total. The van der Waals surface area contributed by atoms with Crippen molar-refractivity contribution in [3.63, 3.8) is 0 Å². The van der Waals surface area contributed by atoms with Crippen molar-refractivity contribution in [3.05, 3.63) is 94.5 Å². The third-order valence-electron chi connectivity index (χ3n) is 6.47. The van der Waals surface area contributed by atoms with Crippen molar-refractivity contribution in [3.8, 4) is 11.5 Å². The molecule has 0 aliphatic carbocycles. The number of fused-ring (bicyclic) bond motifs is 1. The number of hydrogen-bond acceptors (Lipinski definition) is 4. The van der Waals surface area contributed by atoms with E-state index in [1.54, 1.807) is 14.2 Å². The Labute approximate surface area is 202 Å². The summed E-state index contributed by atoms with van der Waals surface area (Å²) in [5, 5.41) is 3.12. The molecule has 1 amide bonds. The van der Waals surface area contributed by atoms with E-state index in [4.69, 9.17) is 9.47 Å². The Morgan fingerprint density at radius 1 is 0.912 bits per heavy atom. The van der Waals surface area contributed by atoms with Gasteiger partial charge in [0.25, 0.3) is 5.91 Å². The highest BCUT2D eigenvalue weighted by molar-refractivity contribution is 5.95. The first-order chi connectivity index (χ1) is 16.7. The molecule has 0 saturated heterocycles. The van der Waals surface area contributed by atoms with Gasteiger partial charge in [-0.3, -0.25) is 9.69 Å². The number of carbonyl (C=O) groups is 1. The van der Waals surface area contributed by atoms with Gasteiger partial charge in [0.05, 0.1) is 14.2 Å². The smallest absolute Gasteiger partial charge is 0.251 e. The fraction of sp³-hybridized carbons (Fsp3) is 0.345. The monoisotopic (exact) mass is 458 g/mol. The summed E-state index contributed by atoms with van der Waals surface area (Å²) < 4.78 is 10.9. The molecule has 0 atom stereocenters. The van der Waals surface area contributed by atoms with Gasteiger partial charge in [-0.25, -0.2) is 0 Å². The number of methoxy groups -OCH3 is 2. The van der Waals surface area contributed by atoms with Crippen molar-refractivity contribution in [1.29, 1.82) is 0 Å². The second-order valence-corrected chi connectivity index (χ2v) is 8.79. The van der Waals surface area contributed by atoms with E-state index in [9.17, 15) is 4.79 Å². The first-order valence-corrected chi connectivity index (χ1v) is 12.0. The maximum atomic E-state index is 12.9. The predicted molar refractivity (Wildman–Crippen MR) is 136 cm³/mol. The SMILES string of the molecule is COc1cc2c(cc1OC)CN(Cc1ccccc1C(=O)NCCCCc1ccccc1)CC2. The molecule has 0 fully saturated rings. The topological polar surface area (TPSA) is 50.8 Å². The minimum atomic E-state index is 0.0131. The van der Waals surface area contributed by atoms with Crippen molar-refractivity contribution in [2.24, 2.45) is 0 Å². The van der Waals surface area contributed by atoms with Gasteiger partial charge in [-0.05, 0) is 66.1 Å². The number of benzene rings is 3. The van der Waals surface area contributed by atoms with Crippen LogP contribution < -0.4 is 14.8 Å². The van der Waals surface area contributed by atoms with Gasteiger partial charge in [0.15, 0.2) is 11.5 Å². The van der Waals surface area contributed by atoms with E-state index in [2.05, 4.69) is 52.7 Å². The Morgan fingerprint density at radius 3 is 2.38 bits per heavy atom. The first kappa shape index (κ1) is 23.8. The summed E-state index contributed by atoms with van der Waals surface area (Å²) in [5.41, 5.74) is 5.73. The number of nitrogens with one attached hydrogen (secondary N) is 1. The van der Waals surface area contributed by atoms with E-state index in [1.807, 2.05) is 24.3 Å². The summed E-state index contributed by atoms with van der Waals surface area (Å²) >= 11 is 0. The maximum Gasteiger partial charge on any atom is 0.251 e. The molecule has 0 bridgehead atoms. The Hall–Kier alpha value is -3.31. The summed E-state index contributed by atoms with van der Waals surface area (Å²) in [6, 6.07) is 22.6. The van der Waals surface area contributed by atoms with E-state index in [0.29, 0.717) is 6.54 Å². The van der Waals surface area contributed by atoms with Crippen LogP contribution >= 0.6 is 0 Å². The summed E-state index contributed by atoms with van der Waals surface area (Å²) in [7, 11) is 3.34. The second-order valence-electron chi connectivity index (χ2n) is 8.79. The molecule has 1 aliphatic heterocycles. The van der Waals surface area contributed by atoms with Gasteiger partial charge in [0, 0.05) is 31.7 Å². The number of ether oxygens (including phenoxy) is 2. The molecular weight excluding hydrogens is 424 g/mol. The number of carbonyl (C=O) groups excluding carboxylic acids is 1. The highest BCUT2D eigenvalue weighted by atomic mass is 16.5. The zero-order valence-electron chi connectivity index (χ0n) is 20.2. The molecular formula is C29H34N2O3. The van der Waals surface area contributed by atoms with Crippen molar-refractivity contribution in [1.82, 2.24) is 10.2 Å². The summed E-state index contributed by atoms with van der Waals surface area (Å²) in [5.74, 6) is 1.55. The van der Waals surface area contributed by atoms with Crippen LogP contribution in [0.4, 0.5) is 0 Å². The van der Waals surface area contributed by atoms with Crippen LogP contribution in [0.2, 0.25) is 0 Å². The molecule has 3 aromatic rings. The Balaban J connectivity index is 1.33. The molecule has 1 aliphatic rings. The fourth-order valence-electron chi connectivity index (χ4n) is 4.59. The number of aryl methyl sites for hydroxylation is 1. The maximum absolute atomic E-state index is 12.9. The van der Waals surface area contributed by atoms with Crippen LogP contribution in [-0.4, -0.2) is 38.1 Å². The summed E-state index contributed by atoms with van der Waals surface area (Å²) in [6.45, 7) is 3.20. The van der Waals surface area contributed by atoms with Crippen molar-refractivity contribution < 1.29 is 14.3 Å². The van der Waals surface area contributed by atoms with E-state index >= 15 is 0 Å². The van der Waals surface area contributed by atoms with Crippen LogP contribution in [0, 0.1) is 0 Å². The molecule has 0 spiro atoms. The van der Waals surface area contributed by atoms with Gasteiger partial charge < -0.3 is 14.8 Å². The standard InChI is InChI=1S/C29H34N2O3/c1-33-27-18-23-15-17-31(21-25(23)19-28(27)34-2)20-24-13-6-7-14-26(24)29(32)30-16-9-8-12-22-10-4-3-5-11-22/h3-7,10-11,13-14,18-19H,8-9,12,15-17,20-21H2,1-2H3,(H,30,32). The molecule has 34 heavy (non-hydrogen) atoms. The van der Waals surface area contributed by atoms with Crippen LogP contribution in [0.25, 0.3) is 0 Å². The molecule has 5 heteroatoms. The Morgan fingerprint density at radius 2 is 1.62 bits per heavy atom. The van der Waals surface area contributed by atoms with E-state index in [1.165, 1.54) is 16.7 Å². The zero-order valence-corrected chi connectivity index (χ0v) is 20.2. The van der Waals surface area contributed by atoms with Gasteiger partial charge in [0.1, 0.15) is 0 Å². The molecule has 4 rings (SSSR count). The predicted octanol–water partition coefficient (Wildman–Crippen LogP) is 5.01. The van der Waals surface area contributed by atoms with Crippen LogP contribution in [0.1, 0.15) is 45.5 Å². The van der Waals surface area contributed by atoms with Crippen LogP contribution in [-0.2, 0) is 25.9 Å². The number of unbranched alkanes of at least 4 members (excludes halogenated alkanes) is 1. The number of hydrogen-bond donors (Lipinski definition) is 1. The minimum Gasteiger partial charge on any atom is -0.493 e. The van der Waals surface area contributed by atoms with Crippen molar-refractivity contribution in [2.45, 2.75) is 38.8 Å². The van der Waals surface area contributed by atoms with Gasteiger partial charge in [-0.15, -0.1) is 0 Å².